The van der Waals surface area contributed by atoms with Crippen LogP contribution in [0, 0.1) is 5.92 Å². The molecule has 0 unspecified atom stereocenters. The summed E-state index contributed by atoms with van der Waals surface area (Å²) in [7, 11) is -3.57. The minimum Gasteiger partial charge on any atom is -0.481 e. The molecule has 0 aliphatic carbocycles. The molecule has 0 spiro atoms. The molecule has 0 bridgehead atoms. The van der Waals surface area contributed by atoms with Gasteiger partial charge in [0.1, 0.15) is 0 Å². The summed E-state index contributed by atoms with van der Waals surface area (Å²) in [5.41, 5.74) is 1.01. The monoisotopic (exact) mass is 336 g/mol. The quantitative estimate of drug-likeness (QED) is 0.928. The van der Waals surface area contributed by atoms with Gasteiger partial charge in [0.25, 0.3) is 0 Å². The van der Waals surface area contributed by atoms with Crippen LogP contribution in [0.5, 0.6) is 0 Å². The predicted molar refractivity (Wildman–Crippen MR) is 86.7 cm³/mol. The van der Waals surface area contributed by atoms with Crippen LogP contribution < -0.4 is 0 Å². The fourth-order valence-electron chi connectivity index (χ4n) is 3.11. The lowest BCUT2D eigenvalue weighted by Gasteiger charge is -2.29. The van der Waals surface area contributed by atoms with Gasteiger partial charge in [0.05, 0.1) is 10.8 Å². The zero-order chi connectivity index (χ0) is 16.6. The Labute approximate surface area is 135 Å². The molecule has 1 saturated heterocycles. The van der Waals surface area contributed by atoms with Crippen LogP contribution in [0.15, 0.2) is 35.4 Å². The number of hydrogen-bond donors (Lipinski definition) is 1. The highest BCUT2D eigenvalue weighted by atomic mass is 32.2. The summed E-state index contributed by atoms with van der Waals surface area (Å²) in [5.74, 6) is -1.29. The smallest absolute Gasteiger partial charge is 0.306 e. The number of aryl methyl sites for hydroxylation is 1. The fraction of sp³-hybridized carbons (Fsp3) is 0.438. The molecule has 1 aromatic carbocycles. The third-order valence-electron chi connectivity index (χ3n) is 4.52. The van der Waals surface area contributed by atoms with Crippen LogP contribution in [0.1, 0.15) is 19.8 Å². The highest BCUT2D eigenvalue weighted by Gasteiger charge is 2.32. The van der Waals surface area contributed by atoms with E-state index in [-0.39, 0.29) is 18.0 Å². The summed E-state index contributed by atoms with van der Waals surface area (Å²) in [6.45, 7) is 3.38. The van der Waals surface area contributed by atoms with Crippen LogP contribution in [0.3, 0.4) is 0 Å². The van der Waals surface area contributed by atoms with Crippen LogP contribution in [0.4, 0.5) is 0 Å². The fourth-order valence-corrected chi connectivity index (χ4v) is 4.61. The van der Waals surface area contributed by atoms with Crippen LogP contribution >= 0.6 is 0 Å². The molecule has 1 aliphatic heterocycles. The second-order valence-corrected chi connectivity index (χ2v) is 7.78. The van der Waals surface area contributed by atoms with Crippen molar-refractivity contribution in [2.45, 2.75) is 31.2 Å². The maximum absolute atomic E-state index is 12.8. The van der Waals surface area contributed by atoms with E-state index in [4.69, 9.17) is 5.11 Å². The van der Waals surface area contributed by atoms with Gasteiger partial charge in [-0.1, -0.05) is 0 Å². The maximum Gasteiger partial charge on any atom is 0.306 e. The van der Waals surface area contributed by atoms with E-state index in [9.17, 15) is 13.2 Å². The summed E-state index contributed by atoms with van der Waals surface area (Å²) in [4.78, 5) is 11.3. The molecule has 3 rings (SSSR count). The van der Waals surface area contributed by atoms with Crippen LogP contribution in [0.2, 0.25) is 0 Å². The molecule has 23 heavy (non-hydrogen) atoms. The molecule has 6 nitrogen and oxygen atoms in total. The zero-order valence-corrected chi connectivity index (χ0v) is 13.8. The topological polar surface area (TPSA) is 79.6 Å². The molecule has 124 valence electrons. The van der Waals surface area contributed by atoms with E-state index in [0.29, 0.717) is 12.8 Å². The van der Waals surface area contributed by atoms with E-state index in [1.165, 1.54) is 4.31 Å². The highest BCUT2D eigenvalue weighted by molar-refractivity contribution is 7.89. The first-order chi connectivity index (χ1) is 10.9. The Morgan fingerprint density at radius 3 is 2.57 bits per heavy atom. The maximum atomic E-state index is 12.8. The van der Waals surface area contributed by atoms with Gasteiger partial charge in [0.15, 0.2) is 0 Å². The van der Waals surface area contributed by atoms with Gasteiger partial charge in [0, 0.05) is 36.7 Å². The summed E-state index contributed by atoms with van der Waals surface area (Å²) < 4.78 is 29.0. The lowest BCUT2D eigenvalue weighted by molar-refractivity contribution is -0.142. The van der Waals surface area contributed by atoms with Crippen molar-refractivity contribution in [2.24, 2.45) is 5.92 Å². The Morgan fingerprint density at radius 2 is 1.96 bits per heavy atom. The van der Waals surface area contributed by atoms with Gasteiger partial charge in [-0.25, -0.2) is 8.42 Å². The Bertz CT molecular complexity index is 833. The summed E-state index contributed by atoms with van der Waals surface area (Å²) in [5, 5.41) is 9.91. The van der Waals surface area contributed by atoms with Gasteiger partial charge >= 0.3 is 5.97 Å². The molecular formula is C16H20N2O4S. The molecule has 1 fully saturated rings. The molecule has 1 aliphatic rings. The van der Waals surface area contributed by atoms with Gasteiger partial charge < -0.3 is 9.67 Å². The van der Waals surface area contributed by atoms with Crippen molar-refractivity contribution >= 4 is 26.9 Å². The van der Waals surface area contributed by atoms with Crippen molar-refractivity contribution in [1.82, 2.24) is 8.87 Å². The number of nitrogens with zero attached hydrogens (tertiary/aromatic N) is 2. The van der Waals surface area contributed by atoms with E-state index in [2.05, 4.69) is 4.57 Å². The number of hydrogen-bond acceptors (Lipinski definition) is 3. The number of aromatic nitrogens is 1. The Hall–Kier alpha value is -1.86. The summed E-state index contributed by atoms with van der Waals surface area (Å²) in [6.07, 6.45) is 2.67. The van der Waals surface area contributed by atoms with E-state index < -0.39 is 21.9 Å². The normalized spacial score (nSPS) is 17.6. The Balaban J connectivity index is 1.87. The van der Waals surface area contributed by atoms with Gasteiger partial charge in [-0.2, -0.15) is 4.31 Å². The zero-order valence-electron chi connectivity index (χ0n) is 13.0. The Morgan fingerprint density at radius 1 is 1.26 bits per heavy atom. The molecule has 0 amide bonds. The highest BCUT2D eigenvalue weighted by Crippen LogP contribution is 2.26. The first-order valence-corrected chi connectivity index (χ1v) is 9.19. The van der Waals surface area contributed by atoms with Crippen molar-refractivity contribution in [1.29, 1.82) is 0 Å². The lowest BCUT2D eigenvalue weighted by Crippen LogP contribution is -2.40. The average molecular weight is 336 g/mol. The molecule has 1 aromatic heterocycles. The van der Waals surface area contributed by atoms with Crippen LogP contribution in [-0.2, 0) is 21.4 Å². The number of fused-ring (bicyclic) bond motifs is 1. The average Bonchev–Trinajstić information content (AvgIpc) is 2.97. The number of benzene rings is 1. The summed E-state index contributed by atoms with van der Waals surface area (Å²) in [6, 6.07) is 7.07. The van der Waals surface area contributed by atoms with Crippen molar-refractivity contribution < 1.29 is 18.3 Å². The van der Waals surface area contributed by atoms with E-state index >= 15 is 0 Å². The third-order valence-corrected chi connectivity index (χ3v) is 6.42. The molecule has 2 aromatic rings. The first kappa shape index (κ1) is 16.0. The number of carboxylic acids is 1. The summed E-state index contributed by atoms with van der Waals surface area (Å²) >= 11 is 0. The lowest BCUT2D eigenvalue weighted by atomic mass is 9.99. The van der Waals surface area contributed by atoms with Crippen LogP contribution in [0.25, 0.3) is 10.9 Å². The van der Waals surface area contributed by atoms with E-state index in [1.807, 2.05) is 25.3 Å². The number of rotatable bonds is 4. The van der Waals surface area contributed by atoms with Gasteiger partial charge in [-0.15, -0.1) is 0 Å². The number of aliphatic carboxylic acids is 1. The molecule has 0 radical (unpaired) electrons. The van der Waals surface area contributed by atoms with Crippen LogP contribution in [-0.4, -0.2) is 41.5 Å². The third kappa shape index (κ3) is 2.86. The second kappa shape index (κ2) is 5.98. The SMILES string of the molecule is CCn1ccc2cc(S(=O)(=O)N3CCC(C(=O)O)CC3)ccc21. The van der Waals surface area contributed by atoms with Crippen molar-refractivity contribution in [3.63, 3.8) is 0 Å². The van der Waals surface area contributed by atoms with Gasteiger partial charge in [-0.05, 0) is 44.0 Å². The standard InChI is InChI=1S/C16H20N2O4S/c1-2-17-8-5-13-11-14(3-4-15(13)17)23(21,22)18-9-6-12(7-10-18)16(19)20/h3-5,8,11-12H,2,6-7,9-10H2,1H3,(H,19,20). The number of piperidine rings is 1. The minimum absolute atomic E-state index is 0.257. The minimum atomic E-state index is -3.57. The van der Waals surface area contributed by atoms with Crippen molar-refractivity contribution in [2.75, 3.05) is 13.1 Å². The molecule has 7 heteroatoms. The van der Waals surface area contributed by atoms with Gasteiger partial charge in [-0.3, -0.25) is 4.79 Å². The van der Waals surface area contributed by atoms with E-state index in [1.54, 1.807) is 12.1 Å². The molecule has 2 heterocycles. The molecular weight excluding hydrogens is 316 g/mol. The Kier molecular flexibility index (Phi) is 4.16. The van der Waals surface area contributed by atoms with E-state index in [0.717, 1.165) is 17.4 Å². The first-order valence-electron chi connectivity index (χ1n) is 7.75. The largest absolute Gasteiger partial charge is 0.481 e. The van der Waals surface area contributed by atoms with Crippen molar-refractivity contribution in [3.8, 4) is 0 Å². The number of sulfonamides is 1. The predicted octanol–water partition coefficient (Wildman–Crippen LogP) is 2.15. The van der Waals surface area contributed by atoms with Crippen molar-refractivity contribution in [3.05, 3.63) is 30.5 Å². The molecule has 1 N–H and O–H groups in total. The number of carbonyl (C=O) groups is 1. The van der Waals surface area contributed by atoms with Gasteiger partial charge in [0.2, 0.25) is 10.0 Å². The number of carboxylic acid groups (broad SMARTS) is 1. The molecule has 0 saturated carbocycles. The second-order valence-electron chi connectivity index (χ2n) is 5.84. The molecule has 0 atom stereocenters.